The van der Waals surface area contributed by atoms with E-state index in [1.54, 1.807) is 18.2 Å². The zero-order chi connectivity index (χ0) is 23.7. The lowest BCUT2D eigenvalue weighted by molar-refractivity contribution is -0.183. The molecule has 0 spiro atoms. The monoisotopic (exact) mass is 457 g/mol. The van der Waals surface area contributed by atoms with Crippen LogP contribution in [0.25, 0.3) is 10.9 Å². The minimum atomic E-state index is -0.482. The maximum atomic E-state index is 14.0. The van der Waals surface area contributed by atoms with Crippen molar-refractivity contribution in [2.45, 2.75) is 44.7 Å². The van der Waals surface area contributed by atoms with Gasteiger partial charge in [0.05, 0.1) is 41.4 Å². The molecule has 172 valence electrons. The number of hydrogen-bond donors (Lipinski definition) is 0. The molecule has 1 aliphatic carbocycles. The lowest BCUT2D eigenvalue weighted by Crippen LogP contribution is -2.37. The van der Waals surface area contributed by atoms with Gasteiger partial charge in [0.15, 0.2) is 0 Å². The molecule has 5 rings (SSSR count). The van der Waals surface area contributed by atoms with Crippen molar-refractivity contribution in [2.24, 2.45) is 11.8 Å². The molecule has 3 aromatic rings. The van der Waals surface area contributed by atoms with E-state index >= 15 is 0 Å². The normalized spacial score (nSPS) is 22.4. The molecule has 1 saturated carbocycles. The van der Waals surface area contributed by atoms with E-state index < -0.39 is 5.82 Å². The first kappa shape index (κ1) is 22.1. The van der Waals surface area contributed by atoms with Gasteiger partial charge in [-0.25, -0.2) is 9.45 Å². The van der Waals surface area contributed by atoms with Gasteiger partial charge in [0.1, 0.15) is 5.82 Å². The van der Waals surface area contributed by atoms with E-state index in [1.165, 1.54) is 17.2 Å². The number of carbonyl (C=O) groups is 1. The van der Waals surface area contributed by atoms with Crippen molar-refractivity contribution in [2.75, 3.05) is 6.61 Å². The number of halogens is 1. The van der Waals surface area contributed by atoms with E-state index in [0.29, 0.717) is 30.1 Å². The van der Waals surface area contributed by atoms with Crippen molar-refractivity contribution >= 4 is 16.8 Å². The summed E-state index contributed by atoms with van der Waals surface area (Å²) in [4.78, 5) is 18.9. The molecule has 1 amide bonds. The van der Waals surface area contributed by atoms with Crippen LogP contribution in [0.4, 0.5) is 4.39 Å². The molecule has 2 heterocycles. The molecule has 7 nitrogen and oxygen atoms in total. The van der Waals surface area contributed by atoms with Gasteiger partial charge in [0.2, 0.25) is 5.91 Å². The highest BCUT2D eigenvalue weighted by Gasteiger charge is 2.37. The quantitative estimate of drug-likeness (QED) is 0.569. The first-order chi connectivity index (χ1) is 16.5. The summed E-state index contributed by atoms with van der Waals surface area (Å²) in [7, 11) is 0. The minimum Gasteiger partial charge on any atom is -0.272 e. The first-order valence-electron chi connectivity index (χ1n) is 11.6. The van der Waals surface area contributed by atoms with Gasteiger partial charge in [-0.05, 0) is 73.6 Å². The number of fused-ring (bicyclic) bond motifs is 1. The Kier molecular flexibility index (Phi) is 6.00. The number of nitriles is 2. The highest BCUT2D eigenvalue weighted by molar-refractivity contribution is 5.79. The van der Waals surface area contributed by atoms with Crippen LogP contribution in [-0.4, -0.2) is 27.4 Å². The Morgan fingerprint density at radius 1 is 1.06 bits per heavy atom. The Morgan fingerprint density at radius 2 is 1.85 bits per heavy atom. The number of amides is 1. The van der Waals surface area contributed by atoms with Crippen LogP contribution >= 0.6 is 0 Å². The third-order valence-electron chi connectivity index (χ3n) is 6.88. The summed E-state index contributed by atoms with van der Waals surface area (Å²) in [6, 6.07) is 13.5. The van der Waals surface area contributed by atoms with Crippen LogP contribution in [0.5, 0.6) is 0 Å². The second-order valence-corrected chi connectivity index (χ2v) is 9.14. The first-order valence-corrected chi connectivity index (χ1v) is 11.6. The largest absolute Gasteiger partial charge is 0.272 e. The third-order valence-corrected chi connectivity index (χ3v) is 6.88. The summed E-state index contributed by atoms with van der Waals surface area (Å²) in [5.74, 6) is -0.247. The molecule has 0 radical (unpaired) electrons. The van der Waals surface area contributed by atoms with Gasteiger partial charge in [-0.1, -0.05) is 0 Å². The topological polar surface area (TPSA) is 94.9 Å². The van der Waals surface area contributed by atoms with Crippen molar-refractivity contribution in [3.8, 4) is 12.1 Å². The smallest absolute Gasteiger partial charge is 0.249 e. The van der Waals surface area contributed by atoms with Gasteiger partial charge in [-0.3, -0.25) is 14.3 Å². The van der Waals surface area contributed by atoms with Crippen molar-refractivity contribution < 1.29 is 14.0 Å². The van der Waals surface area contributed by atoms with E-state index in [1.807, 2.05) is 23.0 Å². The number of carbonyl (C=O) groups excluding carboxylic acids is 1. The van der Waals surface area contributed by atoms with Gasteiger partial charge >= 0.3 is 0 Å². The summed E-state index contributed by atoms with van der Waals surface area (Å²) in [5.41, 5.74) is 2.25. The summed E-state index contributed by atoms with van der Waals surface area (Å²) >= 11 is 0. The molecule has 1 saturated heterocycles. The minimum absolute atomic E-state index is 0.0578. The molecule has 2 fully saturated rings. The molecule has 1 aliphatic heterocycles. The van der Waals surface area contributed by atoms with Crippen LogP contribution in [0.3, 0.4) is 0 Å². The second kappa shape index (κ2) is 9.24. The summed E-state index contributed by atoms with van der Waals surface area (Å²) < 4.78 is 15.9. The Labute approximate surface area is 196 Å². The maximum Gasteiger partial charge on any atom is 0.249 e. The van der Waals surface area contributed by atoms with Crippen molar-refractivity contribution in [3.05, 3.63) is 65.1 Å². The van der Waals surface area contributed by atoms with Gasteiger partial charge < -0.3 is 0 Å². The lowest BCUT2D eigenvalue weighted by atomic mass is 9.81. The SMILES string of the molecule is N#Cc1cc(F)cc([C@@H]2CCON2C(=O)[C@H]2CC[C@H](Cn3cc4ccc(C#N)cc4n3)CC2)c1. The number of hydroxylamine groups is 2. The van der Waals surface area contributed by atoms with Gasteiger partial charge in [0.25, 0.3) is 0 Å². The molecule has 0 N–H and O–H groups in total. The molecule has 34 heavy (non-hydrogen) atoms. The van der Waals surface area contributed by atoms with E-state index in [-0.39, 0.29) is 23.4 Å². The van der Waals surface area contributed by atoms with Gasteiger partial charge in [0, 0.05) is 30.5 Å². The highest BCUT2D eigenvalue weighted by atomic mass is 19.1. The van der Waals surface area contributed by atoms with E-state index in [4.69, 9.17) is 15.4 Å². The van der Waals surface area contributed by atoms with Gasteiger partial charge in [-0.2, -0.15) is 15.6 Å². The summed E-state index contributed by atoms with van der Waals surface area (Å²) in [5, 5.41) is 25.3. The summed E-state index contributed by atoms with van der Waals surface area (Å²) in [6.07, 6.45) is 5.94. The zero-order valence-electron chi connectivity index (χ0n) is 18.7. The highest BCUT2D eigenvalue weighted by Crippen LogP contribution is 2.37. The number of aromatic nitrogens is 2. The number of rotatable bonds is 4. The standard InChI is InChI=1S/C26H24FN5O2/c27-23-10-19(14-29)9-22(12-23)25-7-8-34-32(25)26(33)20-4-1-17(2-5-20)15-31-16-21-6-3-18(13-28)11-24(21)30-31/h3,6,9-12,16-17,20,25H,1-2,4-5,7-8,15H2/t17-,20-,25-/m0/s1. The van der Waals surface area contributed by atoms with Crippen LogP contribution in [-0.2, 0) is 16.2 Å². The molecule has 1 atom stereocenters. The van der Waals surface area contributed by atoms with Crippen LogP contribution in [0.1, 0.15) is 54.8 Å². The molecule has 1 aromatic heterocycles. The van der Waals surface area contributed by atoms with Crippen LogP contribution < -0.4 is 0 Å². The molecule has 0 unspecified atom stereocenters. The van der Waals surface area contributed by atoms with Crippen molar-refractivity contribution in [1.29, 1.82) is 10.5 Å². The predicted molar refractivity (Wildman–Crippen MR) is 121 cm³/mol. The van der Waals surface area contributed by atoms with Crippen molar-refractivity contribution in [1.82, 2.24) is 14.8 Å². The molecule has 2 aromatic carbocycles. The fourth-order valence-electron chi connectivity index (χ4n) is 5.13. The average Bonchev–Trinajstić information content (AvgIpc) is 3.50. The third kappa shape index (κ3) is 4.37. The molecular formula is C26H24FN5O2. The predicted octanol–water partition coefficient (Wildman–Crippen LogP) is 4.63. The molecule has 0 bridgehead atoms. The Bertz CT molecular complexity index is 1310. The molecule has 2 aliphatic rings. The number of nitrogens with zero attached hydrogens (tertiary/aromatic N) is 5. The van der Waals surface area contributed by atoms with Crippen LogP contribution in [0.15, 0.2) is 42.6 Å². The number of hydrogen-bond acceptors (Lipinski definition) is 5. The number of benzene rings is 2. The molecular weight excluding hydrogens is 433 g/mol. The average molecular weight is 458 g/mol. The van der Waals surface area contributed by atoms with E-state index in [2.05, 4.69) is 11.2 Å². The molecule has 8 heteroatoms. The van der Waals surface area contributed by atoms with E-state index in [0.717, 1.165) is 43.1 Å². The summed E-state index contributed by atoms with van der Waals surface area (Å²) in [6.45, 7) is 1.17. The Balaban J connectivity index is 1.21. The van der Waals surface area contributed by atoms with Crippen LogP contribution in [0, 0.1) is 40.3 Å². The second-order valence-electron chi connectivity index (χ2n) is 9.14. The Morgan fingerprint density at radius 3 is 2.62 bits per heavy atom. The van der Waals surface area contributed by atoms with Gasteiger partial charge in [-0.15, -0.1) is 0 Å². The zero-order valence-corrected chi connectivity index (χ0v) is 18.7. The Hall–Kier alpha value is -3.75. The lowest BCUT2D eigenvalue weighted by Gasteiger charge is -2.32. The fourth-order valence-corrected chi connectivity index (χ4v) is 5.13. The van der Waals surface area contributed by atoms with Crippen LogP contribution in [0.2, 0.25) is 0 Å². The van der Waals surface area contributed by atoms with Crippen molar-refractivity contribution in [3.63, 3.8) is 0 Å². The fraction of sp³-hybridized carbons (Fsp3) is 0.385. The maximum absolute atomic E-state index is 14.0. The van der Waals surface area contributed by atoms with E-state index in [9.17, 15) is 9.18 Å².